The number of aromatic nitrogens is 1. The summed E-state index contributed by atoms with van der Waals surface area (Å²) < 4.78 is 5.42. The van der Waals surface area contributed by atoms with E-state index in [1.165, 1.54) is 4.88 Å². The van der Waals surface area contributed by atoms with E-state index < -0.39 is 0 Å². The third kappa shape index (κ3) is 2.40. The van der Waals surface area contributed by atoms with E-state index in [9.17, 15) is 0 Å². The van der Waals surface area contributed by atoms with Gasteiger partial charge in [-0.2, -0.15) is 0 Å². The highest BCUT2D eigenvalue weighted by Gasteiger charge is 2.19. The van der Waals surface area contributed by atoms with Crippen molar-refractivity contribution in [3.8, 4) is 5.75 Å². The number of nitrogens with one attached hydrogen (secondary N) is 1. The van der Waals surface area contributed by atoms with Gasteiger partial charge in [-0.25, -0.2) is 4.98 Å². The normalized spacial score (nSPS) is 12.4. The minimum Gasteiger partial charge on any atom is -0.496 e. The Hall–Kier alpha value is -1.39. The second kappa shape index (κ2) is 5.50. The number of aryl methyl sites for hydroxylation is 2. The molecule has 2 rings (SSSR count). The Bertz CT molecular complexity index is 517. The number of methoxy groups -OCH3 is 1. The fraction of sp³-hybridized carbons (Fsp3) is 0.357. The number of para-hydroxylation sites is 1. The first-order chi connectivity index (χ1) is 8.67. The highest BCUT2D eigenvalue weighted by Crippen LogP contribution is 2.32. The molecule has 1 unspecified atom stereocenters. The Morgan fingerprint density at radius 1 is 1.28 bits per heavy atom. The first-order valence-electron chi connectivity index (χ1n) is 5.91. The number of benzene rings is 1. The summed E-state index contributed by atoms with van der Waals surface area (Å²) in [6, 6.07) is 8.14. The summed E-state index contributed by atoms with van der Waals surface area (Å²) in [5.74, 6) is 0.891. The minimum absolute atomic E-state index is 0.0820. The second-order valence-corrected chi connectivity index (χ2v) is 5.39. The molecule has 0 aliphatic heterocycles. The largest absolute Gasteiger partial charge is 0.496 e. The van der Waals surface area contributed by atoms with Gasteiger partial charge in [-0.3, -0.25) is 0 Å². The van der Waals surface area contributed by atoms with Gasteiger partial charge < -0.3 is 10.1 Å². The Kier molecular flexibility index (Phi) is 3.99. The first kappa shape index (κ1) is 13.1. The molecule has 1 aromatic carbocycles. The maximum Gasteiger partial charge on any atom is 0.124 e. The summed E-state index contributed by atoms with van der Waals surface area (Å²) in [6.07, 6.45) is 0. The monoisotopic (exact) mass is 262 g/mol. The third-order valence-electron chi connectivity index (χ3n) is 3.03. The highest BCUT2D eigenvalue weighted by atomic mass is 32.1. The van der Waals surface area contributed by atoms with Crippen LogP contribution in [0.5, 0.6) is 5.75 Å². The molecule has 0 amide bonds. The van der Waals surface area contributed by atoms with Crippen LogP contribution in [0, 0.1) is 13.8 Å². The second-order valence-electron chi connectivity index (χ2n) is 4.16. The van der Waals surface area contributed by atoms with Crippen molar-refractivity contribution in [2.24, 2.45) is 0 Å². The Morgan fingerprint density at radius 2 is 2.00 bits per heavy atom. The molecule has 4 heteroatoms. The molecule has 2 aromatic rings. The van der Waals surface area contributed by atoms with Crippen LogP contribution in [0.1, 0.15) is 27.2 Å². The lowest BCUT2D eigenvalue weighted by atomic mass is 10.1. The van der Waals surface area contributed by atoms with Crippen LogP contribution in [-0.2, 0) is 0 Å². The minimum atomic E-state index is 0.0820. The van der Waals surface area contributed by atoms with E-state index in [0.29, 0.717) is 0 Å². The van der Waals surface area contributed by atoms with Crippen molar-refractivity contribution in [2.75, 3.05) is 14.2 Å². The van der Waals surface area contributed by atoms with Crippen molar-refractivity contribution in [2.45, 2.75) is 19.9 Å². The van der Waals surface area contributed by atoms with Gasteiger partial charge >= 0.3 is 0 Å². The molecule has 0 radical (unpaired) electrons. The van der Waals surface area contributed by atoms with E-state index in [2.05, 4.69) is 23.3 Å². The number of hydrogen-bond acceptors (Lipinski definition) is 4. The molecule has 1 heterocycles. The van der Waals surface area contributed by atoms with E-state index in [1.807, 2.05) is 32.2 Å². The van der Waals surface area contributed by atoms with Crippen LogP contribution in [0.2, 0.25) is 0 Å². The van der Waals surface area contributed by atoms with E-state index in [1.54, 1.807) is 18.4 Å². The van der Waals surface area contributed by atoms with E-state index in [4.69, 9.17) is 4.74 Å². The number of hydrogen-bond donors (Lipinski definition) is 1. The topological polar surface area (TPSA) is 34.2 Å². The molecule has 0 saturated heterocycles. The molecular formula is C14H18N2OS. The van der Waals surface area contributed by atoms with Crippen LogP contribution in [0.15, 0.2) is 24.3 Å². The van der Waals surface area contributed by atoms with Crippen LogP contribution < -0.4 is 10.1 Å². The van der Waals surface area contributed by atoms with Gasteiger partial charge in [0.25, 0.3) is 0 Å². The summed E-state index contributed by atoms with van der Waals surface area (Å²) in [6.45, 7) is 4.15. The fourth-order valence-corrected chi connectivity index (χ4v) is 2.99. The Labute approximate surface area is 112 Å². The van der Waals surface area contributed by atoms with Gasteiger partial charge in [-0.15, -0.1) is 11.3 Å². The van der Waals surface area contributed by atoms with Crippen LogP contribution in [0.25, 0.3) is 0 Å². The van der Waals surface area contributed by atoms with Gasteiger partial charge in [0, 0.05) is 10.4 Å². The average molecular weight is 262 g/mol. The molecule has 1 atom stereocenters. The maximum absolute atomic E-state index is 5.42. The van der Waals surface area contributed by atoms with Crippen molar-refractivity contribution in [1.29, 1.82) is 0 Å². The fourth-order valence-electron chi connectivity index (χ4n) is 1.94. The number of nitrogens with zero attached hydrogens (tertiary/aromatic N) is 1. The molecule has 0 aliphatic carbocycles. The van der Waals surface area contributed by atoms with Crippen LogP contribution >= 0.6 is 11.3 Å². The molecule has 0 aliphatic rings. The SMILES string of the molecule is CNC(c1nc(C)c(C)s1)c1ccccc1OC. The van der Waals surface area contributed by atoms with E-state index in [-0.39, 0.29) is 6.04 Å². The van der Waals surface area contributed by atoms with Crippen LogP contribution in [0.4, 0.5) is 0 Å². The van der Waals surface area contributed by atoms with Crippen molar-refractivity contribution >= 4 is 11.3 Å². The lowest BCUT2D eigenvalue weighted by Gasteiger charge is -2.17. The van der Waals surface area contributed by atoms with Crippen LogP contribution in [-0.4, -0.2) is 19.1 Å². The zero-order chi connectivity index (χ0) is 13.1. The number of thiazole rings is 1. The molecule has 0 spiro atoms. The summed E-state index contributed by atoms with van der Waals surface area (Å²) in [4.78, 5) is 5.90. The quantitative estimate of drug-likeness (QED) is 0.919. The lowest BCUT2D eigenvalue weighted by molar-refractivity contribution is 0.405. The predicted octanol–water partition coefficient (Wildman–Crippen LogP) is 3.08. The van der Waals surface area contributed by atoms with Gasteiger partial charge in [0.2, 0.25) is 0 Å². The summed E-state index contributed by atoms with van der Waals surface area (Å²) >= 11 is 1.73. The van der Waals surface area contributed by atoms with Gasteiger partial charge in [-0.1, -0.05) is 18.2 Å². The van der Waals surface area contributed by atoms with Gasteiger partial charge in [0.05, 0.1) is 18.8 Å². The van der Waals surface area contributed by atoms with Gasteiger partial charge in [0.1, 0.15) is 10.8 Å². The van der Waals surface area contributed by atoms with E-state index >= 15 is 0 Å². The lowest BCUT2D eigenvalue weighted by Crippen LogP contribution is -2.18. The number of ether oxygens (including phenoxy) is 1. The molecule has 1 aromatic heterocycles. The van der Waals surface area contributed by atoms with Crippen molar-refractivity contribution in [3.05, 3.63) is 45.4 Å². The third-order valence-corrected chi connectivity index (χ3v) is 4.17. The molecule has 0 saturated carbocycles. The van der Waals surface area contributed by atoms with Crippen molar-refractivity contribution < 1.29 is 4.74 Å². The van der Waals surface area contributed by atoms with Crippen molar-refractivity contribution in [1.82, 2.24) is 10.3 Å². The maximum atomic E-state index is 5.42. The smallest absolute Gasteiger partial charge is 0.124 e. The van der Waals surface area contributed by atoms with Gasteiger partial charge in [0.15, 0.2) is 0 Å². The average Bonchev–Trinajstić information content (AvgIpc) is 2.71. The zero-order valence-corrected chi connectivity index (χ0v) is 12.0. The summed E-state index contributed by atoms with van der Waals surface area (Å²) in [5, 5.41) is 4.40. The first-order valence-corrected chi connectivity index (χ1v) is 6.73. The molecular weight excluding hydrogens is 244 g/mol. The molecule has 18 heavy (non-hydrogen) atoms. The highest BCUT2D eigenvalue weighted by molar-refractivity contribution is 7.11. The Balaban J connectivity index is 2.45. The summed E-state index contributed by atoms with van der Waals surface area (Å²) in [7, 11) is 3.65. The predicted molar refractivity (Wildman–Crippen MR) is 75.5 cm³/mol. The molecule has 0 fully saturated rings. The molecule has 3 nitrogen and oxygen atoms in total. The molecule has 0 bridgehead atoms. The molecule has 96 valence electrons. The Morgan fingerprint density at radius 3 is 2.56 bits per heavy atom. The van der Waals surface area contributed by atoms with Crippen LogP contribution in [0.3, 0.4) is 0 Å². The van der Waals surface area contributed by atoms with E-state index in [0.717, 1.165) is 22.0 Å². The summed E-state index contributed by atoms with van der Waals surface area (Å²) in [5.41, 5.74) is 2.22. The standard InChI is InChI=1S/C14H18N2OS/c1-9-10(2)18-14(16-9)13(15-3)11-7-5-6-8-12(11)17-4/h5-8,13,15H,1-4H3. The molecule has 1 N–H and O–H groups in total. The van der Waals surface area contributed by atoms with Crippen molar-refractivity contribution in [3.63, 3.8) is 0 Å². The zero-order valence-electron chi connectivity index (χ0n) is 11.2. The van der Waals surface area contributed by atoms with Gasteiger partial charge in [-0.05, 0) is 27.0 Å². The number of rotatable bonds is 4.